The minimum absolute atomic E-state index is 0.0765. The van der Waals surface area contributed by atoms with Crippen LogP contribution in [0.1, 0.15) is 40.2 Å². The molecule has 0 radical (unpaired) electrons. The van der Waals surface area contributed by atoms with Gasteiger partial charge in [0.25, 0.3) is 0 Å². The minimum atomic E-state index is -0.207. The maximum Gasteiger partial charge on any atom is 0.123 e. The second-order valence-electron chi connectivity index (χ2n) is 6.14. The minimum Gasteiger partial charge on any atom is -0.308 e. The Morgan fingerprint density at radius 2 is 2.00 bits per heavy atom. The van der Waals surface area contributed by atoms with E-state index in [2.05, 4.69) is 61.9 Å². The van der Waals surface area contributed by atoms with Crippen LogP contribution in [0, 0.1) is 11.7 Å². The third-order valence-electron chi connectivity index (χ3n) is 2.86. The molecule has 1 aromatic carbocycles. The molecule has 0 aliphatic carbocycles. The summed E-state index contributed by atoms with van der Waals surface area (Å²) in [5, 5.41) is 3.48. The lowest BCUT2D eigenvalue weighted by atomic mass is 9.98. The van der Waals surface area contributed by atoms with Gasteiger partial charge >= 0.3 is 0 Å². The zero-order chi connectivity index (χ0) is 14.6. The fourth-order valence-electron chi connectivity index (χ4n) is 1.61. The summed E-state index contributed by atoms with van der Waals surface area (Å²) in [4.78, 5) is 0. The Morgan fingerprint density at radius 1 is 1.37 bits per heavy atom. The van der Waals surface area contributed by atoms with Gasteiger partial charge in [-0.2, -0.15) is 0 Å². The molecule has 1 nitrogen and oxygen atoms in total. The highest BCUT2D eigenvalue weighted by atomic mass is 79.9. The predicted molar refractivity (Wildman–Crippen MR) is 84.7 cm³/mol. The van der Waals surface area contributed by atoms with E-state index < -0.39 is 0 Å². The second kappa shape index (κ2) is 6.67. The van der Waals surface area contributed by atoms with E-state index >= 15 is 0 Å². The number of nitrogens with one attached hydrogen (secondary N) is 1. The second-order valence-corrected chi connectivity index (χ2v) is 7.00. The van der Waals surface area contributed by atoms with E-state index in [0.717, 1.165) is 16.6 Å². The first-order valence-electron chi connectivity index (χ1n) is 6.59. The van der Waals surface area contributed by atoms with Crippen molar-refractivity contribution in [3.63, 3.8) is 0 Å². The van der Waals surface area contributed by atoms with E-state index in [1.54, 1.807) is 12.1 Å². The largest absolute Gasteiger partial charge is 0.308 e. The van der Waals surface area contributed by atoms with Gasteiger partial charge in [-0.25, -0.2) is 4.39 Å². The van der Waals surface area contributed by atoms with Crippen LogP contribution in [0.3, 0.4) is 0 Å². The molecule has 0 saturated carbocycles. The number of benzene rings is 1. The molecule has 1 aromatic rings. The van der Waals surface area contributed by atoms with Crippen LogP contribution in [0.15, 0.2) is 28.2 Å². The lowest BCUT2D eigenvalue weighted by Crippen LogP contribution is -2.37. The van der Waals surface area contributed by atoms with Crippen molar-refractivity contribution in [1.82, 2.24) is 5.32 Å². The van der Waals surface area contributed by atoms with Crippen LogP contribution in [0.2, 0.25) is 0 Å². The molecule has 0 unspecified atom stereocenters. The van der Waals surface area contributed by atoms with E-state index in [9.17, 15) is 4.39 Å². The summed E-state index contributed by atoms with van der Waals surface area (Å²) < 4.78 is 14.2. The quantitative estimate of drug-likeness (QED) is 0.819. The van der Waals surface area contributed by atoms with Crippen LogP contribution in [0.5, 0.6) is 0 Å². The van der Waals surface area contributed by atoms with Crippen molar-refractivity contribution in [2.45, 2.75) is 40.2 Å². The SMILES string of the molecule is CC(C)/C(=C/c1cc(F)ccc1Br)CNC(C)(C)C. The Hall–Kier alpha value is -0.670. The van der Waals surface area contributed by atoms with Crippen LogP contribution < -0.4 is 5.32 Å². The van der Waals surface area contributed by atoms with Gasteiger partial charge in [-0.1, -0.05) is 41.4 Å². The van der Waals surface area contributed by atoms with Crippen molar-refractivity contribution >= 4 is 22.0 Å². The number of hydrogen-bond acceptors (Lipinski definition) is 1. The van der Waals surface area contributed by atoms with Gasteiger partial charge in [0.1, 0.15) is 5.82 Å². The van der Waals surface area contributed by atoms with Crippen molar-refractivity contribution < 1.29 is 4.39 Å². The van der Waals surface area contributed by atoms with Crippen LogP contribution in [0.25, 0.3) is 6.08 Å². The third-order valence-corrected chi connectivity index (χ3v) is 3.59. The Labute approximate surface area is 124 Å². The first-order valence-corrected chi connectivity index (χ1v) is 7.39. The fraction of sp³-hybridized carbons (Fsp3) is 0.500. The summed E-state index contributed by atoms with van der Waals surface area (Å²) >= 11 is 3.47. The first kappa shape index (κ1) is 16.4. The van der Waals surface area contributed by atoms with Crippen LogP contribution >= 0.6 is 15.9 Å². The average Bonchev–Trinajstić information content (AvgIpc) is 2.27. The van der Waals surface area contributed by atoms with E-state index in [4.69, 9.17) is 0 Å². The lowest BCUT2D eigenvalue weighted by Gasteiger charge is -2.23. The summed E-state index contributed by atoms with van der Waals surface area (Å²) in [6, 6.07) is 4.77. The van der Waals surface area contributed by atoms with Crippen molar-refractivity contribution in [1.29, 1.82) is 0 Å². The molecular formula is C16H23BrFN. The lowest BCUT2D eigenvalue weighted by molar-refractivity contribution is 0.437. The molecule has 0 bridgehead atoms. The molecule has 0 aliphatic rings. The molecule has 106 valence electrons. The molecule has 0 fully saturated rings. The normalized spacial score (nSPS) is 13.2. The molecule has 1 rings (SSSR count). The van der Waals surface area contributed by atoms with Crippen molar-refractivity contribution in [2.24, 2.45) is 5.92 Å². The monoisotopic (exact) mass is 327 g/mol. The van der Waals surface area contributed by atoms with Crippen molar-refractivity contribution in [2.75, 3.05) is 6.54 Å². The standard InChI is InChI=1S/C16H23BrFN/c1-11(2)13(10-19-16(3,4)5)8-12-9-14(18)6-7-15(12)17/h6-9,11,19H,10H2,1-5H3/b13-8+. The smallest absolute Gasteiger partial charge is 0.123 e. The van der Waals surface area contributed by atoms with Crippen LogP contribution in [-0.2, 0) is 0 Å². The third kappa shape index (κ3) is 5.87. The number of halogens is 2. The Bertz CT molecular complexity index is 458. The molecule has 0 heterocycles. The first-order chi connectivity index (χ1) is 8.69. The van der Waals surface area contributed by atoms with Gasteiger partial charge in [-0.3, -0.25) is 0 Å². The summed E-state index contributed by atoms with van der Waals surface area (Å²) in [6.07, 6.45) is 2.07. The Kier molecular flexibility index (Phi) is 5.75. The predicted octanol–water partition coefficient (Wildman–Crippen LogP) is 5.02. The Morgan fingerprint density at radius 3 is 2.53 bits per heavy atom. The van der Waals surface area contributed by atoms with E-state index in [-0.39, 0.29) is 11.4 Å². The van der Waals surface area contributed by atoms with E-state index in [1.165, 1.54) is 11.6 Å². The van der Waals surface area contributed by atoms with E-state index in [0.29, 0.717) is 5.92 Å². The fourth-order valence-corrected chi connectivity index (χ4v) is 1.98. The van der Waals surface area contributed by atoms with Crippen LogP contribution in [0.4, 0.5) is 4.39 Å². The molecule has 1 N–H and O–H groups in total. The highest BCUT2D eigenvalue weighted by Crippen LogP contribution is 2.23. The van der Waals surface area contributed by atoms with Crippen LogP contribution in [-0.4, -0.2) is 12.1 Å². The van der Waals surface area contributed by atoms with Crippen molar-refractivity contribution in [3.05, 3.63) is 39.6 Å². The average molecular weight is 328 g/mol. The van der Waals surface area contributed by atoms with Gasteiger partial charge in [-0.15, -0.1) is 0 Å². The zero-order valence-electron chi connectivity index (χ0n) is 12.3. The highest BCUT2D eigenvalue weighted by molar-refractivity contribution is 9.10. The topological polar surface area (TPSA) is 12.0 Å². The van der Waals surface area contributed by atoms with Gasteiger partial charge < -0.3 is 5.32 Å². The Balaban J connectivity index is 2.98. The summed E-state index contributed by atoms with van der Waals surface area (Å²) in [5.41, 5.74) is 2.23. The molecule has 0 aromatic heterocycles. The van der Waals surface area contributed by atoms with Gasteiger partial charge in [-0.05, 0) is 50.5 Å². The molecule has 0 spiro atoms. The molecular weight excluding hydrogens is 305 g/mol. The maximum absolute atomic E-state index is 13.3. The molecule has 0 saturated heterocycles. The summed E-state index contributed by atoms with van der Waals surface area (Å²) in [6.45, 7) is 11.5. The zero-order valence-corrected chi connectivity index (χ0v) is 13.9. The van der Waals surface area contributed by atoms with Gasteiger partial charge in [0.15, 0.2) is 0 Å². The number of rotatable bonds is 4. The van der Waals surface area contributed by atoms with E-state index in [1.807, 2.05) is 0 Å². The molecule has 0 amide bonds. The molecule has 0 atom stereocenters. The summed E-state index contributed by atoms with van der Waals surface area (Å²) in [7, 11) is 0. The maximum atomic E-state index is 13.3. The van der Waals surface area contributed by atoms with Gasteiger partial charge in [0.2, 0.25) is 0 Å². The van der Waals surface area contributed by atoms with Gasteiger partial charge in [0.05, 0.1) is 0 Å². The van der Waals surface area contributed by atoms with Gasteiger partial charge in [0, 0.05) is 16.6 Å². The van der Waals surface area contributed by atoms with Crippen molar-refractivity contribution in [3.8, 4) is 0 Å². The molecule has 3 heteroatoms. The molecule has 19 heavy (non-hydrogen) atoms. The summed E-state index contributed by atoms with van der Waals surface area (Å²) in [5.74, 6) is 0.214. The highest BCUT2D eigenvalue weighted by Gasteiger charge is 2.12. The number of hydrogen-bond donors (Lipinski definition) is 1. The molecule has 0 aliphatic heterocycles.